The Hall–Kier alpha value is -2.77. The van der Waals surface area contributed by atoms with Gasteiger partial charge < -0.3 is 9.47 Å². The molecule has 1 rings (SSSR count). The maximum absolute atomic E-state index is 11.7. The Morgan fingerprint density at radius 1 is 0.750 bits per heavy atom. The molecule has 0 saturated carbocycles. The van der Waals surface area contributed by atoms with Crippen LogP contribution in [0.25, 0.3) is 0 Å². The van der Waals surface area contributed by atoms with Crippen molar-refractivity contribution in [2.75, 3.05) is 0 Å². The Morgan fingerprint density at radius 3 is 1.69 bits per heavy atom. The van der Waals surface area contributed by atoms with E-state index in [2.05, 4.69) is 11.7 Å². The van der Waals surface area contributed by atoms with Crippen molar-refractivity contribution in [1.82, 2.24) is 0 Å². The number of hydrogen-bond donors (Lipinski definition) is 0. The van der Waals surface area contributed by atoms with E-state index in [0.717, 1.165) is 31.4 Å². The molecule has 0 atom stereocenters. The summed E-state index contributed by atoms with van der Waals surface area (Å²) >= 11 is 0. The first-order valence-electron chi connectivity index (χ1n) is 11.6. The van der Waals surface area contributed by atoms with Gasteiger partial charge in [0.2, 0.25) is 0 Å². The van der Waals surface area contributed by atoms with Gasteiger partial charge in [-0.3, -0.25) is 14.9 Å². The van der Waals surface area contributed by atoms with Gasteiger partial charge in [0.05, 0.1) is 4.92 Å². The van der Waals surface area contributed by atoms with Gasteiger partial charge in [-0.15, -0.1) is 0 Å². The van der Waals surface area contributed by atoms with Crippen molar-refractivity contribution in [2.45, 2.75) is 96.8 Å². The van der Waals surface area contributed by atoms with E-state index in [1.165, 1.54) is 69.9 Å². The van der Waals surface area contributed by atoms with Gasteiger partial charge in [-0.05, 0) is 18.6 Å². The largest absolute Gasteiger partial charge is 0.425 e. The lowest BCUT2D eigenvalue weighted by Crippen LogP contribution is -2.25. The number of nitro benzene ring substituents is 1. The van der Waals surface area contributed by atoms with Crippen LogP contribution in [0.5, 0.6) is 5.75 Å². The molecule has 0 unspecified atom stereocenters. The first-order chi connectivity index (χ1) is 15.4. The zero-order chi connectivity index (χ0) is 23.6. The van der Waals surface area contributed by atoms with Crippen LogP contribution in [0.1, 0.15) is 96.8 Å². The molecule has 0 fully saturated rings. The lowest BCUT2D eigenvalue weighted by Gasteiger charge is -2.05. The molecule has 1 aromatic rings. The van der Waals surface area contributed by atoms with Crippen molar-refractivity contribution in [1.29, 1.82) is 0 Å². The summed E-state index contributed by atoms with van der Waals surface area (Å²) in [6.45, 7) is 2.23. The number of nitro groups is 1. The van der Waals surface area contributed by atoms with Gasteiger partial charge in [0, 0.05) is 18.6 Å². The van der Waals surface area contributed by atoms with Crippen LogP contribution >= 0.6 is 0 Å². The van der Waals surface area contributed by atoms with Crippen LogP contribution in [0.2, 0.25) is 0 Å². The number of unbranched alkanes of at least 4 members (excludes halogenated alkanes) is 12. The van der Waals surface area contributed by atoms with Crippen molar-refractivity contribution in [2.24, 2.45) is 0 Å². The van der Waals surface area contributed by atoms with Crippen LogP contribution in [0.15, 0.2) is 24.3 Å². The molecular weight excluding hydrogens is 414 g/mol. The fourth-order valence-corrected chi connectivity index (χ4v) is 3.27. The molecular formula is C24H35NO7. The van der Waals surface area contributed by atoms with E-state index in [-0.39, 0.29) is 17.9 Å². The predicted octanol–water partition coefficient (Wildman–Crippen LogP) is 6.05. The van der Waals surface area contributed by atoms with Gasteiger partial charge in [-0.2, -0.15) is 0 Å². The molecule has 0 saturated heterocycles. The maximum Gasteiger partial charge on any atom is 0.425 e. The van der Waals surface area contributed by atoms with Gasteiger partial charge in [-0.25, -0.2) is 9.59 Å². The third-order valence-electron chi connectivity index (χ3n) is 5.12. The first kappa shape index (κ1) is 27.3. The monoisotopic (exact) mass is 449 g/mol. The van der Waals surface area contributed by atoms with Gasteiger partial charge >= 0.3 is 17.9 Å². The number of nitrogens with zero attached hydrogens (tertiary/aromatic N) is 1. The van der Waals surface area contributed by atoms with Crippen molar-refractivity contribution < 1.29 is 28.8 Å². The van der Waals surface area contributed by atoms with Crippen LogP contribution in [0.3, 0.4) is 0 Å². The van der Waals surface area contributed by atoms with E-state index in [4.69, 9.17) is 4.74 Å². The number of ether oxygens (including phenoxy) is 2. The number of carbonyl (C=O) groups is 3. The molecule has 1 aromatic carbocycles. The number of carbonyl (C=O) groups excluding carboxylic acids is 3. The number of rotatable bonds is 16. The van der Waals surface area contributed by atoms with E-state index in [1.54, 1.807) is 0 Å². The standard InChI is InChI=1S/C24H35NO7/c1-2-3-4-5-6-7-8-9-10-11-12-13-14-15-22(26)32-24(28)23(27)31-21-18-16-20(17-19-21)25(29)30/h16-19H,2-15H2,1H3. The molecule has 0 aliphatic heterocycles. The molecule has 0 spiro atoms. The van der Waals surface area contributed by atoms with Crippen LogP contribution in [0.4, 0.5) is 5.69 Å². The molecule has 0 heterocycles. The lowest BCUT2D eigenvalue weighted by atomic mass is 10.0. The molecule has 8 nitrogen and oxygen atoms in total. The molecule has 0 aromatic heterocycles. The second kappa shape index (κ2) is 16.9. The quantitative estimate of drug-likeness (QED) is 0.0574. The Balaban J connectivity index is 2.04. The summed E-state index contributed by atoms with van der Waals surface area (Å²) in [6.07, 6.45) is 15.4. The minimum absolute atomic E-state index is 0.0542. The van der Waals surface area contributed by atoms with Crippen LogP contribution in [0, 0.1) is 10.1 Å². The van der Waals surface area contributed by atoms with Gasteiger partial charge in [-0.1, -0.05) is 84.0 Å². The Kier molecular flexibility index (Phi) is 14.4. The molecule has 8 heteroatoms. The van der Waals surface area contributed by atoms with E-state index >= 15 is 0 Å². The highest BCUT2D eigenvalue weighted by molar-refractivity contribution is 6.32. The zero-order valence-corrected chi connectivity index (χ0v) is 19.0. The first-order valence-corrected chi connectivity index (χ1v) is 11.6. The smallest absolute Gasteiger partial charge is 0.418 e. The lowest BCUT2D eigenvalue weighted by molar-refractivity contribution is -0.384. The Morgan fingerprint density at radius 2 is 1.22 bits per heavy atom. The molecule has 0 radical (unpaired) electrons. The van der Waals surface area contributed by atoms with Crippen molar-refractivity contribution in [3.63, 3.8) is 0 Å². The summed E-state index contributed by atoms with van der Waals surface area (Å²) in [5, 5.41) is 10.6. The number of hydrogen-bond acceptors (Lipinski definition) is 7. The normalized spacial score (nSPS) is 10.5. The van der Waals surface area contributed by atoms with Crippen molar-refractivity contribution in [3.8, 4) is 5.75 Å². The van der Waals surface area contributed by atoms with Gasteiger partial charge in [0.25, 0.3) is 5.69 Å². The van der Waals surface area contributed by atoms with Crippen molar-refractivity contribution in [3.05, 3.63) is 34.4 Å². The molecule has 0 aliphatic carbocycles. The molecule has 0 N–H and O–H groups in total. The minimum atomic E-state index is -1.40. The fourth-order valence-electron chi connectivity index (χ4n) is 3.27. The van der Waals surface area contributed by atoms with Crippen LogP contribution in [-0.2, 0) is 19.1 Å². The SMILES string of the molecule is CCCCCCCCCCCCCCCC(=O)OC(=O)C(=O)Oc1ccc([N+](=O)[O-])cc1. The third kappa shape index (κ3) is 12.8. The number of esters is 3. The number of benzene rings is 1. The number of non-ortho nitro benzene ring substituents is 1. The Labute approximate surface area is 189 Å². The van der Waals surface area contributed by atoms with Crippen LogP contribution in [-0.4, -0.2) is 22.8 Å². The van der Waals surface area contributed by atoms with Crippen LogP contribution < -0.4 is 4.74 Å². The van der Waals surface area contributed by atoms with Gasteiger partial charge in [0.15, 0.2) is 0 Å². The zero-order valence-electron chi connectivity index (χ0n) is 19.0. The van der Waals surface area contributed by atoms with Crippen molar-refractivity contribution >= 4 is 23.6 Å². The maximum atomic E-state index is 11.7. The topological polar surface area (TPSA) is 113 Å². The minimum Gasteiger partial charge on any atom is -0.418 e. The molecule has 178 valence electrons. The summed E-state index contributed by atoms with van der Waals surface area (Å²) < 4.78 is 9.24. The summed E-state index contributed by atoms with van der Waals surface area (Å²) in [4.78, 5) is 45.0. The highest BCUT2D eigenvalue weighted by Crippen LogP contribution is 2.17. The van der Waals surface area contributed by atoms with E-state index in [0.29, 0.717) is 6.42 Å². The summed E-state index contributed by atoms with van der Waals surface area (Å²) in [5.41, 5.74) is -0.180. The van der Waals surface area contributed by atoms with E-state index < -0.39 is 22.8 Å². The summed E-state index contributed by atoms with van der Waals surface area (Å²) in [6, 6.07) is 4.62. The highest BCUT2D eigenvalue weighted by Gasteiger charge is 2.22. The second-order valence-corrected chi connectivity index (χ2v) is 7.89. The molecule has 32 heavy (non-hydrogen) atoms. The predicted molar refractivity (Wildman–Crippen MR) is 120 cm³/mol. The molecule has 0 aliphatic rings. The summed E-state index contributed by atoms with van der Waals surface area (Å²) in [7, 11) is 0. The van der Waals surface area contributed by atoms with E-state index in [1.807, 2.05) is 0 Å². The third-order valence-corrected chi connectivity index (χ3v) is 5.12. The molecule has 0 amide bonds. The average molecular weight is 450 g/mol. The fraction of sp³-hybridized carbons (Fsp3) is 0.625. The summed E-state index contributed by atoms with van der Waals surface area (Å²) in [5.74, 6) is -3.57. The molecule has 0 bridgehead atoms. The second-order valence-electron chi connectivity index (χ2n) is 7.89. The highest BCUT2D eigenvalue weighted by atomic mass is 16.6. The van der Waals surface area contributed by atoms with E-state index in [9.17, 15) is 24.5 Å². The average Bonchev–Trinajstić information content (AvgIpc) is 2.77. The Bertz CT molecular complexity index is 716. The van der Waals surface area contributed by atoms with Gasteiger partial charge in [0.1, 0.15) is 5.75 Å².